The quantitative estimate of drug-likeness (QED) is 0.185. The Balaban J connectivity index is 1.43. The number of amides is 2. The molecular weight excluding hydrogens is 558 g/mol. The van der Waals surface area contributed by atoms with Crippen molar-refractivity contribution in [2.45, 2.75) is 38.5 Å². The molecule has 1 aliphatic rings. The topological polar surface area (TPSA) is 87.7 Å². The maximum atomic E-state index is 14.1. The summed E-state index contributed by atoms with van der Waals surface area (Å²) in [7, 11) is 0. The van der Waals surface area contributed by atoms with Gasteiger partial charge in [0.05, 0.1) is 19.0 Å². The fourth-order valence-corrected chi connectivity index (χ4v) is 5.99. The van der Waals surface area contributed by atoms with Gasteiger partial charge < -0.3 is 19.9 Å². The summed E-state index contributed by atoms with van der Waals surface area (Å²) in [5, 5.41) is 3.63. The van der Waals surface area contributed by atoms with Crippen LogP contribution in [0.15, 0.2) is 90.1 Å². The van der Waals surface area contributed by atoms with Gasteiger partial charge in [-0.2, -0.15) is 0 Å². The van der Waals surface area contributed by atoms with Crippen molar-refractivity contribution >= 4 is 35.0 Å². The van der Waals surface area contributed by atoms with Gasteiger partial charge in [0.15, 0.2) is 5.16 Å². The number of carbonyl (C=O) groups excluding carboxylic acids is 2. The lowest BCUT2D eigenvalue weighted by atomic mass is 10.0. The minimum atomic E-state index is -0.854. The Morgan fingerprint density at radius 3 is 2.23 bits per heavy atom. The van der Waals surface area contributed by atoms with E-state index in [2.05, 4.69) is 20.2 Å². The van der Waals surface area contributed by atoms with Gasteiger partial charge in [0.2, 0.25) is 5.91 Å². The average Bonchev–Trinajstić information content (AvgIpc) is 3.01. The summed E-state index contributed by atoms with van der Waals surface area (Å²) in [4.78, 5) is 41.1. The number of aryl methyl sites for hydroxylation is 3. The second kappa shape index (κ2) is 14.3. The number of rotatable bonds is 10. The van der Waals surface area contributed by atoms with Crippen LogP contribution < -0.4 is 10.2 Å². The van der Waals surface area contributed by atoms with E-state index in [0.717, 1.165) is 46.9 Å². The van der Waals surface area contributed by atoms with Crippen LogP contribution in [0, 0.1) is 20.8 Å². The molecule has 1 unspecified atom stereocenters. The number of carbonyl (C=O) groups is 2. The minimum Gasteiger partial charge on any atom is -0.378 e. The van der Waals surface area contributed by atoms with Crippen LogP contribution in [0.2, 0.25) is 0 Å². The zero-order chi connectivity index (χ0) is 30.2. The number of anilines is 2. The molecule has 2 amide bonds. The molecule has 1 atom stereocenters. The normalized spacial score (nSPS) is 13.8. The van der Waals surface area contributed by atoms with Crippen molar-refractivity contribution in [2.24, 2.45) is 0 Å². The van der Waals surface area contributed by atoms with Gasteiger partial charge in [-0.15, -0.1) is 0 Å². The number of morpholine rings is 1. The van der Waals surface area contributed by atoms with Crippen LogP contribution in [0.25, 0.3) is 0 Å². The molecule has 0 aliphatic carbocycles. The Hall–Kier alpha value is -4.21. The predicted octanol–water partition coefficient (Wildman–Crippen LogP) is 5.74. The number of thioether (sulfide) groups is 1. The third-order valence-corrected chi connectivity index (χ3v) is 8.23. The van der Waals surface area contributed by atoms with Gasteiger partial charge in [-0.05, 0) is 67.8 Å². The second-order valence-electron chi connectivity index (χ2n) is 10.6. The summed E-state index contributed by atoms with van der Waals surface area (Å²) in [5.74, 6) is -0.359. The Morgan fingerprint density at radius 2 is 1.56 bits per heavy atom. The van der Waals surface area contributed by atoms with Crippen LogP contribution >= 0.6 is 11.8 Å². The van der Waals surface area contributed by atoms with Crippen molar-refractivity contribution in [2.75, 3.05) is 42.3 Å². The summed E-state index contributed by atoms with van der Waals surface area (Å²) >= 11 is 1.28. The Labute approximate surface area is 257 Å². The monoisotopic (exact) mass is 595 g/mol. The molecule has 3 aromatic carbocycles. The maximum Gasteiger partial charge on any atom is 0.251 e. The molecule has 4 aromatic rings. The van der Waals surface area contributed by atoms with Crippen molar-refractivity contribution < 1.29 is 14.3 Å². The van der Waals surface area contributed by atoms with Crippen LogP contribution in [0.3, 0.4) is 0 Å². The van der Waals surface area contributed by atoms with E-state index in [4.69, 9.17) is 4.74 Å². The van der Waals surface area contributed by atoms with E-state index in [9.17, 15) is 9.59 Å². The number of benzene rings is 3. The number of hydrogen-bond acceptors (Lipinski definition) is 7. The van der Waals surface area contributed by atoms with Crippen LogP contribution in [-0.2, 0) is 20.9 Å². The van der Waals surface area contributed by atoms with E-state index in [0.29, 0.717) is 24.1 Å². The molecule has 8 nitrogen and oxygen atoms in total. The van der Waals surface area contributed by atoms with Crippen molar-refractivity contribution in [3.05, 3.63) is 113 Å². The van der Waals surface area contributed by atoms with Gasteiger partial charge >= 0.3 is 0 Å². The Morgan fingerprint density at radius 1 is 0.907 bits per heavy atom. The highest BCUT2D eigenvalue weighted by Crippen LogP contribution is 2.28. The molecule has 0 spiro atoms. The van der Waals surface area contributed by atoms with Crippen molar-refractivity contribution in [3.8, 4) is 0 Å². The van der Waals surface area contributed by atoms with E-state index >= 15 is 0 Å². The molecule has 9 heteroatoms. The minimum absolute atomic E-state index is 0.0969. The summed E-state index contributed by atoms with van der Waals surface area (Å²) in [6.07, 6.45) is 0. The van der Waals surface area contributed by atoms with Gasteiger partial charge in [0, 0.05) is 42.4 Å². The van der Waals surface area contributed by atoms with Gasteiger partial charge in [-0.25, -0.2) is 9.97 Å². The van der Waals surface area contributed by atoms with Gasteiger partial charge in [0.25, 0.3) is 5.91 Å². The number of hydrogen-bond donors (Lipinski definition) is 1. The largest absolute Gasteiger partial charge is 0.378 e. The first kappa shape index (κ1) is 30.3. The van der Waals surface area contributed by atoms with Crippen LogP contribution in [-0.4, -0.2) is 58.7 Å². The molecule has 1 N–H and O–H groups in total. The van der Waals surface area contributed by atoms with Crippen molar-refractivity contribution in [1.29, 1.82) is 0 Å². The standard InChI is InChI=1S/C34H37N5O3S/c1-24-9-7-8-12-28(24)22-39(31(40)23-43-34-35-25(2)21-26(3)36-34)32(27-10-5-4-6-11-27)33(41)37-29-13-15-30(16-14-29)38-17-19-42-20-18-38/h4-16,21,32H,17-20,22-23H2,1-3H3,(H,37,41). The summed E-state index contributed by atoms with van der Waals surface area (Å²) in [6, 6.07) is 26.3. The SMILES string of the molecule is Cc1cc(C)nc(SCC(=O)N(Cc2ccccc2C)C(C(=O)Nc2ccc(N3CCOCC3)cc2)c2ccccc2)n1. The number of aromatic nitrogens is 2. The molecular formula is C34H37N5O3S. The highest BCUT2D eigenvalue weighted by molar-refractivity contribution is 7.99. The molecule has 2 heterocycles. The number of ether oxygens (including phenoxy) is 1. The molecule has 43 heavy (non-hydrogen) atoms. The smallest absolute Gasteiger partial charge is 0.251 e. The van der Waals surface area contributed by atoms with E-state index in [1.807, 2.05) is 106 Å². The van der Waals surface area contributed by atoms with Crippen molar-refractivity contribution in [3.63, 3.8) is 0 Å². The van der Waals surface area contributed by atoms with Crippen LogP contribution in [0.4, 0.5) is 11.4 Å². The molecule has 1 saturated heterocycles. The van der Waals surface area contributed by atoms with Crippen LogP contribution in [0.1, 0.15) is 34.1 Å². The van der Waals surface area contributed by atoms with Gasteiger partial charge in [-0.3, -0.25) is 9.59 Å². The lowest BCUT2D eigenvalue weighted by Gasteiger charge is -2.32. The fraction of sp³-hybridized carbons (Fsp3) is 0.294. The molecule has 1 fully saturated rings. The zero-order valence-corrected chi connectivity index (χ0v) is 25.6. The van der Waals surface area contributed by atoms with Gasteiger partial charge in [-0.1, -0.05) is 66.4 Å². The molecule has 0 bridgehead atoms. The first-order valence-electron chi connectivity index (χ1n) is 14.4. The summed E-state index contributed by atoms with van der Waals surface area (Å²) in [5.41, 5.74) is 6.22. The molecule has 1 aliphatic heterocycles. The highest BCUT2D eigenvalue weighted by atomic mass is 32.2. The van der Waals surface area contributed by atoms with E-state index in [-0.39, 0.29) is 24.1 Å². The first-order chi connectivity index (χ1) is 20.9. The fourth-order valence-electron chi connectivity index (χ4n) is 5.16. The Kier molecular flexibility index (Phi) is 10.1. The first-order valence-corrected chi connectivity index (χ1v) is 15.4. The summed E-state index contributed by atoms with van der Waals surface area (Å²) < 4.78 is 5.47. The number of nitrogens with zero attached hydrogens (tertiary/aromatic N) is 4. The van der Waals surface area contributed by atoms with Crippen molar-refractivity contribution in [1.82, 2.24) is 14.9 Å². The van der Waals surface area contributed by atoms with E-state index < -0.39 is 6.04 Å². The highest BCUT2D eigenvalue weighted by Gasteiger charge is 2.32. The third kappa shape index (κ3) is 8.00. The summed E-state index contributed by atoms with van der Waals surface area (Å²) in [6.45, 7) is 9.20. The molecule has 222 valence electrons. The van der Waals surface area contributed by atoms with E-state index in [1.54, 1.807) is 4.90 Å². The lowest BCUT2D eigenvalue weighted by Crippen LogP contribution is -2.42. The van der Waals surface area contributed by atoms with E-state index in [1.165, 1.54) is 11.8 Å². The lowest BCUT2D eigenvalue weighted by molar-refractivity contribution is -0.137. The van der Waals surface area contributed by atoms with Gasteiger partial charge in [0.1, 0.15) is 6.04 Å². The second-order valence-corrected chi connectivity index (χ2v) is 11.6. The molecule has 5 rings (SSSR count). The zero-order valence-electron chi connectivity index (χ0n) is 24.8. The maximum absolute atomic E-state index is 14.1. The third-order valence-electron chi connectivity index (χ3n) is 7.40. The predicted molar refractivity (Wildman–Crippen MR) is 171 cm³/mol. The molecule has 0 saturated carbocycles. The number of nitrogens with one attached hydrogen (secondary N) is 1. The van der Waals surface area contributed by atoms with Crippen LogP contribution in [0.5, 0.6) is 0 Å². The molecule has 1 aromatic heterocycles. The molecule has 0 radical (unpaired) electrons. The Bertz CT molecular complexity index is 1520. The average molecular weight is 596 g/mol.